The van der Waals surface area contributed by atoms with Gasteiger partial charge in [0.05, 0.1) is 16.0 Å². The molecule has 0 bridgehead atoms. The van der Waals surface area contributed by atoms with E-state index in [1.54, 1.807) is 0 Å². The average Bonchev–Trinajstić information content (AvgIpc) is 1.14. The zero-order valence-corrected chi connectivity index (χ0v) is 7.12. The maximum Gasteiger partial charge on any atom is 0.257 e. The molecule has 0 aromatic carbocycles. The second kappa shape index (κ2) is 2.26. The van der Waals surface area contributed by atoms with Crippen molar-refractivity contribution >= 4 is 19.8 Å². The van der Waals surface area contributed by atoms with Gasteiger partial charge in [0, 0.05) is 12.5 Å². The minimum Gasteiger partial charge on any atom is -0.249 e. The number of sulfonamides is 1. The maximum absolute atomic E-state index is 10.7. The van der Waals surface area contributed by atoms with Crippen LogP contribution in [0, 0.1) is 0 Å². The molecule has 0 fully saturated rings. The van der Waals surface area contributed by atoms with Gasteiger partial charge in [0.15, 0.2) is 0 Å². The average molecular weight is 171 g/mol. The summed E-state index contributed by atoms with van der Waals surface area (Å²) >= 11 is 0. The molecule has 0 aliphatic carbocycles. The van der Waals surface area contributed by atoms with Crippen molar-refractivity contribution in [1.29, 1.82) is 0 Å². The predicted octanol–water partition coefficient (Wildman–Crippen LogP) is -0.326. The Morgan fingerprint density at radius 1 is 1.00 bits per heavy atom. The largest absolute Gasteiger partial charge is 0.257 e. The number of hydrogen-bond donors (Lipinski definition) is 0. The van der Waals surface area contributed by atoms with E-state index in [9.17, 15) is 12.6 Å². The standard InChI is InChI=1S/C3H9NO3S2/c1-8(2,5)4-9(3,6)7/h1-3H3. The van der Waals surface area contributed by atoms with Crippen molar-refractivity contribution in [2.24, 2.45) is 3.77 Å². The number of rotatable bonds is 1. The van der Waals surface area contributed by atoms with Gasteiger partial charge in [-0.05, 0) is 0 Å². The summed E-state index contributed by atoms with van der Waals surface area (Å²) in [5.74, 6) is 0. The Morgan fingerprint density at radius 3 is 1.33 bits per heavy atom. The van der Waals surface area contributed by atoms with E-state index in [-0.39, 0.29) is 0 Å². The third kappa shape index (κ3) is 7.90. The Morgan fingerprint density at radius 2 is 1.33 bits per heavy atom. The molecule has 0 amide bonds. The fourth-order valence-electron chi connectivity index (χ4n) is 0.326. The van der Waals surface area contributed by atoms with Gasteiger partial charge in [0.25, 0.3) is 10.0 Å². The molecule has 9 heavy (non-hydrogen) atoms. The first kappa shape index (κ1) is 8.90. The van der Waals surface area contributed by atoms with Crippen molar-refractivity contribution < 1.29 is 12.6 Å². The van der Waals surface area contributed by atoms with Gasteiger partial charge >= 0.3 is 0 Å². The highest BCUT2D eigenvalue weighted by atomic mass is 32.3. The summed E-state index contributed by atoms with van der Waals surface area (Å²) in [5, 5.41) is 0. The van der Waals surface area contributed by atoms with Crippen LogP contribution in [-0.4, -0.2) is 31.4 Å². The molecule has 0 aromatic rings. The Kier molecular flexibility index (Phi) is 2.24. The van der Waals surface area contributed by atoms with E-state index in [2.05, 4.69) is 3.77 Å². The second-order valence-electron chi connectivity index (χ2n) is 1.99. The Labute approximate surface area is 55.5 Å². The maximum atomic E-state index is 10.7. The fraction of sp³-hybridized carbons (Fsp3) is 1.00. The van der Waals surface area contributed by atoms with Crippen molar-refractivity contribution in [1.82, 2.24) is 0 Å². The first-order chi connectivity index (χ1) is 3.71. The molecule has 0 aliphatic rings. The molecule has 0 atom stereocenters. The highest BCUT2D eigenvalue weighted by molar-refractivity contribution is 8.02. The zero-order chi connectivity index (χ0) is 7.71. The van der Waals surface area contributed by atoms with Crippen LogP contribution in [0.5, 0.6) is 0 Å². The van der Waals surface area contributed by atoms with Crippen LogP contribution >= 0.6 is 0 Å². The molecule has 0 N–H and O–H groups in total. The van der Waals surface area contributed by atoms with Gasteiger partial charge in [-0.2, -0.15) is 0 Å². The highest BCUT2D eigenvalue weighted by Gasteiger charge is 1.98. The Balaban J connectivity index is 5.01. The zero-order valence-electron chi connectivity index (χ0n) is 5.49. The molecule has 0 radical (unpaired) electrons. The van der Waals surface area contributed by atoms with Crippen LogP contribution in [0.1, 0.15) is 0 Å². The summed E-state index contributed by atoms with van der Waals surface area (Å²) in [6.45, 7) is 0. The normalized spacial score (nSPS) is 13.2. The number of nitrogens with zero attached hydrogens (tertiary/aromatic N) is 1. The summed E-state index contributed by atoms with van der Waals surface area (Å²) in [7, 11) is -5.93. The lowest BCUT2D eigenvalue weighted by atomic mass is 11.9. The van der Waals surface area contributed by atoms with E-state index >= 15 is 0 Å². The second-order valence-corrected chi connectivity index (χ2v) is 6.41. The van der Waals surface area contributed by atoms with E-state index in [1.165, 1.54) is 12.5 Å². The van der Waals surface area contributed by atoms with E-state index in [1.807, 2.05) is 0 Å². The first-order valence-electron chi connectivity index (χ1n) is 2.09. The monoisotopic (exact) mass is 171 g/mol. The van der Waals surface area contributed by atoms with Gasteiger partial charge in [-0.3, -0.25) is 0 Å². The third-order valence-electron chi connectivity index (χ3n) is 0.315. The van der Waals surface area contributed by atoms with Crippen molar-refractivity contribution in [3.8, 4) is 0 Å². The minimum atomic E-state index is -3.43. The molecule has 0 unspecified atom stereocenters. The first-order valence-corrected chi connectivity index (χ1v) is 6.27. The third-order valence-corrected chi connectivity index (χ3v) is 2.83. The van der Waals surface area contributed by atoms with Gasteiger partial charge in [-0.15, -0.1) is 3.77 Å². The topological polar surface area (TPSA) is 63.6 Å². The Hall–Kier alpha value is -0.100. The van der Waals surface area contributed by atoms with E-state index in [4.69, 9.17) is 0 Å². The molecule has 0 aliphatic heterocycles. The quantitative estimate of drug-likeness (QED) is 0.543. The molecule has 0 aromatic heterocycles. The van der Waals surface area contributed by atoms with Gasteiger partial charge in [0.2, 0.25) is 0 Å². The molecule has 56 valence electrons. The lowest BCUT2D eigenvalue weighted by Gasteiger charge is -1.89. The fourth-order valence-corrected chi connectivity index (χ4v) is 2.93. The number of hydrogen-bond acceptors (Lipinski definition) is 3. The minimum absolute atomic E-state index is 0.916. The molecular weight excluding hydrogens is 162 g/mol. The van der Waals surface area contributed by atoms with E-state index in [0.29, 0.717) is 0 Å². The van der Waals surface area contributed by atoms with Crippen molar-refractivity contribution in [3.05, 3.63) is 0 Å². The summed E-state index contributed by atoms with van der Waals surface area (Å²) in [5.41, 5.74) is 0. The van der Waals surface area contributed by atoms with Gasteiger partial charge in [0.1, 0.15) is 0 Å². The predicted molar refractivity (Wildman–Crippen MR) is 37.3 cm³/mol. The van der Waals surface area contributed by atoms with Gasteiger partial charge in [-0.25, -0.2) is 12.6 Å². The van der Waals surface area contributed by atoms with Crippen molar-refractivity contribution in [2.75, 3.05) is 18.8 Å². The van der Waals surface area contributed by atoms with E-state index < -0.39 is 19.8 Å². The molecule has 0 saturated carbocycles. The molecular formula is C3H9NO3S2. The van der Waals surface area contributed by atoms with E-state index in [0.717, 1.165) is 6.26 Å². The van der Waals surface area contributed by atoms with Crippen LogP contribution in [0.3, 0.4) is 0 Å². The summed E-state index contributed by atoms with van der Waals surface area (Å²) in [6, 6.07) is 0. The van der Waals surface area contributed by atoms with Crippen LogP contribution in [-0.2, 0) is 19.8 Å². The van der Waals surface area contributed by atoms with Crippen LogP contribution < -0.4 is 0 Å². The molecule has 0 heterocycles. The lowest BCUT2D eigenvalue weighted by molar-refractivity contribution is 0.604. The summed E-state index contributed by atoms with van der Waals surface area (Å²) < 4.78 is 34.3. The van der Waals surface area contributed by atoms with Gasteiger partial charge in [-0.1, -0.05) is 0 Å². The van der Waals surface area contributed by atoms with Crippen molar-refractivity contribution in [2.45, 2.75) is 0 Å². The van der Waals surface area contributed by atoms with Crippen LogP contribution in [0.15, 0.2) is 3.77 Å². The molecule has 0 saturated heterocycles. The Bertz CT molecular complexity index is 285. The molecule has 6 heteroatoms. The molecule has 0 spiro atoms. The molecule has 4 nitrogen and oxygen atoms in total. The van der Waals surface area contributed by atoms with Gasteiger partial charge < -0.3 is 0 Å². The highest BCUT2D eigenvalue weighted by Crippen LogP contribution is 1.90. The molecule has 0 rings (SSSR count). The van der Waals surface area contributed by atoms with Crippen LogP contribution in [0.25, 0.3) is 0 Å². The smallest absolute Gasteiger partial charge is 0.249 e. The summed E-state index contributed by atoms with van der Waals surface area (Å²) in [6.07, 6.45) is 3.46. The SMILES string of the molecule is CS(=O)(=O)N=S(C)(C)=O. The summed E-state index contributed by atoms with van der Waals surface area (Å²) in [4.78, 5) is 0. The van der Waals surface area contributed by atoms with Crippen LogP contribution in [0.2, 0.25) is 0 Å². The lowest BCUT2D eigenvalue weighted by Crippen LogP contribution is -1.98. The van der Waals surface area contributed by atoms with Crippen LogP contribution in [0.4, 0.5) is 0 Å². The van der Waals surface area contributed by atoms with Crippen molar-refractivity contribution in [3.63, 3.8) is 0 Å².